The summed E-state index contributed by atoms with van der Waals surface area (Å²) in [6.45, 7) is 7.52. The molecule has 0 aromatic carbocycles. The van der Waals surface area contributed by atoms with E-state index in [1.165, 1.54) is 11.3 Å². The summed E-state index contributed by atoms with van der Waals surface area (Å²) >= 11 is 0. The van der Waals surface area contributed by atoms with E-state index in [1.807, 2.05) is 4.90 Å². The van der Waals surface area contributed by atoms with Gasteiger partial charge >= 0.3 is 0 Å². The molecule has 21 heavy (non-hydrogen) atoms. The Morgan fingerprint density at radius 3 is 2.90 bits per heavy atom. The van der Waals surface area contributed by atoms with E-state index in [1.54, 1.807) is 0 Å². The maximum absolute atomic E-state index is 12.3. The fourth-order valence-electron chi connectivity index (χ4n) is 2.90. The van der Waals surface area contributed by atoms with Crippen LogP contribution in [0.15, 0.2) is 12.1 Å². The summed E-state index contributed by atoms with van der Waals surface area (Å²) in [5.74, 6) is 1.33. The SMILES string of the molecule is CC(C)c1ccc2c(n1)CCN(C(=O)CCC1COC1)C2. The van der Waals surface area contributed by atoms with Gasteiger partial charge in [0, 0.05) is 43.2 Å². The van der Waals surface area contributed by atoms with Crippen molar-refractivity contribution in [3.05, 3.63) is 29.1 Å². The summed E-state index contributed by atoms with van der Waals surface area (Å²) in [4.78, 5) is 19.0. The van der Waals surface area contributed by atoms with Gasteiger partial charge in [-0.2, -0.15) is 0 Å². The van der Waals surface area contributed by atoms with Crippen molar-refractivity contribution in [1.29, 1.82) is 0 Å². The number of hydrogen-bond acceptors (Lipinski definition) is 3. The number of nitrogens with zero attached hydrogens (tertiary/aromatic N) is 2. The molecule has 1 fully saturated rings. The molecule has 2 aliphatic rings. The average molecular weight is 288 g/mol. The van der Waals surface area contributed by atoms with E-state index in [0.29, 0.717) is 18.3 Å². The molecule has 4 nitrogen and oxygen atoms in total. The minimum atomic E-state index is 0.278. The quantitative estimate of drug-likeness (QED) is 0.855. The number of carbonyl (C=O) groups excluding carboxylic acids is 1. The summed E-state index contributed by atoms with van der Waals surface area (Å²) in [5, 5.41) is 0. The summed E-state index contributed by atoms with van der Waals surface area (Å²) in [6.07, 6.45) is 2.50. The van der Waals surface area contributed by atoms with Gasteiger partial charge in [0.05, 0.1) is 13.2 Å². The zero-order valence-corrected chi connectivity index (χ0v) is 13.0. The minimum Gasteiger partial charge on any atom is -0.381 e. The standard InChI is InChI=1S/C17H24N2O2/c1-12(2)15-5-4-14-9-19(8-7-16(14)18-15)17(20)6-3-13-10-21-11-13/h4-5,12-13H,3,6-11H2,1-2H3. The number of ether oxygens (including phenoxy) is 1. The van der Waals surface area contributed by atoms with Crippen LogP contribution in [0.5, 0.6) is 0 Å². The van der Waals surface area contributed by atoms with Gasteiger partial charge in [0.2, 0.25) is 5.91 Å². The lowest BCUT2D eigenvalue weighted by Crippen LogP contribution is -2.37. The van der Waals surface area contributed by atoms with Crippen LogP contribution in [0, 0.1) is 5.92 Å². The molecule has 0 saturated carbocycles. The van der Waals surface area contributed by atoms with Crippen molar-refractivity contribution in [2.75, 3.05) is 19.8 Å². The third-order valence-electron chi connectivity index (χ3n) is 4.49. The van der Waals surface area contributed by atoms with Crippen LogP contribution in [-0.4, -0.2) is 35.5 Å². The second-order valence-corrected chi connectivity index (χ2v) is 6.50. The number of hydrogen-bond donors (Lipinski definition) is 0. The largest absolute Gasteiger partial charge is 0.381 e. The van der Waals surface area contributed by atoms with Crippen LogP contribution in [0.3, 0.4) is 0 Å². The van der Waals surface area contributed by atoms with Crippen LogP contribution in [0.2, 0.25) is 0 Å². The lowest BCUT2D eigenvalue weighted by atomic mass is 9.99. The maximum Gasteiger partial charge on any atom is 0.222 e. The molecule has 1 amide bonds. The second kappa shape index (κ2) is 6.14. The summed E-state index contributed by atoms with van der Waals surface area (Å²) in [7, 11) is 0. The fraction of sp³-hybridized carbons (Fsp3) is 0.647. The molecule has 3 rings (SSSR count). The van der Waals surface area contributed by atoms with Crippen molar-refractivity contribution in [2.45, 2.75) is 45.6 Å². The Labute approximate surface area is 126 Å². The topological polar surface area (TPSA) is 42.4 Å². The maximum atomic E-state index is 12.3. The smallest absolute Gasteiger partial charge is 0.222 e. The third kappa shape index (κ3) is 3.26. The molecule has 0 spiro atoms. The van der Waals surface area contributed by atoms with E-state index in [2.05, 4.69) is 26.0 Å². The van der Waals surface area contributed by atoms with Gasteiger partial charge in [-0.1, -0.05) is 19.9 Å². The van der Waals surface area contributed by atoms with E-state index in [9.17, 15) is 4.79 Å². The Bertz CT molecular complexity index is 524. The highest BCUT2D eigenvalue weighted by Gasteiger charge is 2.24. The molecule has 0 N–H and O–H groups in total. The summed E-state index contributed by atoms with van der Waals surface area (Å²) in [5.41, 5.74) is 3.54. The molecule has 3 heterocycles. The first kappa shape index (κ1) is 14.5. The van der Waals surface area contributed by atoms with E-state index < -0.39 is 0 Å². The fourth-order valence-corrected chi connectivity index (χ4v) is 2.90. The second-order valence-electron chi connectivity index (χ2n) is 6.50. The lowest BCUT2D eigenvalue weighted by Gasteiger charge is -2.30. The lowest BCUT2D eigenvalue weighted by molar-refractivity contribution is -0.133. The first-order chi connectivity index (χ1) is 10.1. The number of carbonyl (C=O) groups is 1. The highest BCUT2D eigenvalue weighted by Crippen LogP contribution is 2.22. The zero-order valence-electron chi connectivity index (χ0n) is 13.0. The number of pyridine rings is 1. The Morgan fingerprint density at radius 1 is 1.43 bits per heavy atom. The van der Waals surface area contributed by atoms with Crippen molar-refractivity contribution >= 4 is 5.91 Å². The Morgan fingerprint density at radius 2 is 2.24 bits per heavy atom. The van der Waals surface area contributed by atoms with E-state index in [4.69, 9.17) is 9.72 Å². The van der Waals surface area contributed by atoms with Gasteiger partial charge in [-0.05, 0) is 24.0 Å². The van der Waals surface area contributed by atoms with E-state index >= 15 is 0 Å². The number of aromatic nitrogens is 1. The normalized spacial score (nSPS) is 18.5. The zero-order chi connectivity index (χ0) is 14.8. The molecule has 0 aliphatic carbocycles. The molecule has 1 aromatic heterocycles. The number of fused-ring (bicyclic) bond motifs is 1. The molecular weight excluding hydrogens is 264 g/mol. The van der Waals surface area contributed by atoms with Crippen LogP contribution < -0.4 is 0 Å². The van der Waals surface area contributed by atoms with Crippen LogP contribution >= 0.6 is 0 Å². The molecule has 0 unspecified atom stereocenters. The predicted molar refractivity (Wildman–Crippen MR) is 81.0 cm³/mol. The molecule has 2 aliphatic heterocycles. The number of amides is 1. The molecular formula is C17H24N2O2. The van der Waals surface area contributed by atoms with Crippen LogP contribution in [-0.2, 0) is 22.5 Å². The molecule has 0 bridgehead atoms. The molecule has 114 valence electrons. The van der Waals surface area contributed by atoms with Gasteiger partial charge in [-0.3, -0.25) is 9.78 Å². The van der Waals surface area contributed by atoms with Gasteiger partial charge in [-0.25, -0.2) is 0 Å². The van der Waals surface area contributed by atoms with Crippen molar-refractivity contribution in [3.8, 4) is 0 Å². The van der Waals surface area contributed by atoms with E-state index in [0.717, 1.165) is 44.8 Å². The van der Waals surface area contributed by atoms with Gasteiger partial charge in [0.25, 0.3) is 0 Å². The Kier molecular flexibility index (Phi) is 4.24. The molecule has 4 heteroatoms. The van der Waals surface area contributed by atoms with Crippen molar-refractivity contribution in [2.24, 2.45) is 5.92 Å². The van der Waals surface area contributed by atoms with E-state index in [-0.39, 0.29) is 5.91 Å². The van der Waals surface area contributed by atoms with Gasteiger partial charge < -0.3 is 9.64 Å². The number of rotatable bonds is 4. The summed E-state index contributed by atoms with van der Waals surface area (Å²) < 4.78 is 5.16. The summed E-state index contributed by atoms with van der Waals surface area (Å²) in [6, 6.07) is 4.25. The Hall–Kier alpha value is -1.42. The first-order valence-electron chi connectivity index (χ1n) is 7.97. The Balaban J connectivity index is 1.59. The van der Waals surface area contributed by atoms with Gasteiger partial charge in [0.15, 0.2) is 0 Å². The third-order valence-corrected chi connectivity index (χ3v) is 4.49. The minimum absolute atomic E-state index is 0.278. The highest BCUT2D eigenvalue weighted by molar-refractivity contribution is 5.76. The molecule has 1 saturated heterocycles. The van der Waals surface area contributed by atoms with Crippen LogP contribution in [0.1, 0.15) is 49.6 Å². The van der Waals surface area contributed by atoms with Crippen LogP contribution in [0.4, 0.5) is 0 Å². The van der Waals surface area contributed by atoms with Gasteiger partial charge in [0.1, 0.15) is 0 Å². The van der Waals surface area contributed by atoms with Crippen molar-refractivity contribution in [3.63, 3.8) is 0 Å². The van der Waals surface area contributed by atoms with Crippen molar-refractivity contribution < 1.29 is 9.53 Å². The van der Waals surface area contributed by atoms with Crippen LogP contribution in [0.25, 0.3) is 0 Å². The average Bonchev–Trinajstić information content (AvgIpc) is 2.44. The highest BCUT2D eigenvalue weighted by atomic mass is 16.5. The van der Waals surface area contributed by atoms with Gasteiger partial charge in [-0.15, -0.1) is 0 Å². The first-order valence-corrected chi connectivity index (χ1v) is 7.97. The molecule has 0 atom stereocenters. The predicted octanol–water partition coefficient (Wildman–Crippen LogP) is 2.52. The molecule has 1 aromatic rings. The monoisotopic (exact) mass is 288 g/mol. The van der Waals surface area contributed by atoms with Crippen molar-refractivity contribution in [1.82, 2.24) is 9.88 Å². The molecule has 0 radical (unpaired) electrons.